The van der Waals surface area contributed by atoms with Gasteiger partial charge in [-0.05, 0) is 31.9 Å². The third kappa shape index (κ3) is 8.02. The summed E-state index contributed by atoms with van der Waals surface area (Å²) in [6.07, 6.45) is 0.775. The van der Waals surface area contributed by atoms with Gasteiger partial charge >= 0.3 is 0 Å². The molecule has 0 radical (unpaired) electrons. The number of aromatic nitrogens is 1. The van der Waals surface area contributed by atoms with Gasteiger partial charge < -0.3 is 16.0 Å². The lowest BCUT2D eigenvalue weighted by atomic mass is 10.1. The minimum Gasteiger partial charge on any atom is -0.357 e. The van der Waals surface area contributed by atoms with Crippen LogP contribution in [0.1, 0.15) is 27.9 Å². The van der Waals surface area contributed by atoms with Crippen molar-refractivity contribution in [3.8, 4) is 0 Å². The summed E-state index contributed by atoms with van der Waals surface area (Å²) in [5, 5.41) is 10.1. The van der Waals surface area contributed by atoms with E-state index in [1.54, 1.807) is 5.51 Å². The highest BCUT2D eigenvalue weighted by molar-refractivity contribution is 14.0. The van der Waals surface area contributed by atoms with Gasteiger partial charge in [0.1, 0.15) is 4.88 Å². The van der Waals surface area contributed by atoms with Gasteiger partial charge in [0.15, 0.2) is 5.96 Å². The van der Waals surface area contributed by atoms with Crippen LogP contribution in [0.25, 0.3) is 0 Å². The first-order valence-corrected chi connectivity index (χ1v) is 9.81. The maximum atomic E-state index is 12.0. The van der Waals surface area contributed by atoms with Crippen LogP contribution in [0.15, 0.2) is 34.8 Å². The van der Waals surface area contributed by atoms with E-state index in [0.29, 0.717) is 24.5 Å². The quantitative estimate of drug-likeness (QED) is 0.216. The number of guanidine groups is 1. The summed E-state index contributed by atoms with van der Waals surface area (Å²) in [6, 6.07) is 7.79. The van der Waals surface area contributed by atoms with Gasteiger partial charge in [-0.15, -0.1) is 35.3 Å². The molecule has 0 unspecified atom stereocenters. The van der Waals surface area contributed by atoms with Crippen LogP contribution in [-0.4, -0.2) is 43.0 Å². The van der Waals surface area contributed by atoms with Crippen molar-refractivity contribution in [1.82, 2.24) is 20.9 Å². The fourth-order valence-corrected chi connectivity index (χ4v) is 3.24. The van der Waals surface area contributed by atoms with Crippen LogP contribution in [0.2, 0.25) is 5.02 Å². The molecule has 1 aromatic heterocycles. The normalized spacial score (nSPS) is 10.9. The predicted molar refractivity (Wildman–Crippen MR) is 124 cm³/mol. The number of halogens is 2. The largest absolute Gasteiger partial charge is 0.357 e. The molecule has 0 saturated heterocycles. The zero-order valence-corrected chi connectivity index (χ0v) is 19.3. The highest BCUT2D eigenvalue weighted by Crippen LogP contribution is 2.15. The zero-order chi connectivity index (χ0) is 18.8. The Morgan fingerprint density at radius 2 is 1.96 bits per heavy atom. The molecule has 27 heavy (non-hydrogen) atoms. The summed E-state index contributed by atoms with van der Waals surface area (Å²) < 4.78 is 0. The highest BCUT2D eigenvalue weighted by atomic mass is 127. The second-order valence-electron chi connectivity index (χ2n) is 5.55. The van der Waals surface area contributed by atoms with E-state index in [-0.39, 0.29) is 29.9 Å². The number of aliphatic imine (C=N–C) groups is 1. The smallest absolute Gasteiger partial charge is 0.263 e. The predicted octanol–water partition coefficient (Wildman–Crippen LogP) is 3.25. The Balaban J connectivity index is 0.00000364. The molecular weight excluding hydrogens is 497 g/mol. The molecule has 0 bridgehead atoms. The third-order valence-corrected chi connectivity index (χ3v) is 4.90. The molecule has 0 aliphatic carbocycles. The second-order valence-corrected chi connectivity index (χ2v) is 6.81. The van der Waals surface area contributed by atoms with Crippen molar-refractivity contribution in [3.63, 3.8) is 0 Å². The van der Waals surface area contributed by atoms with Crippen molar-refractivity contribution in [3.05, 3.63) is 50.9 Å². The molecular formula is C18H25ClIN5OS. The molecule has 1 heterocycles. The molecule has 0 saturated carbocycles. The number of rotatable bonds is 8. The maximum Gasteiger partial charge on any atom is 0.263 e. The Bertz CT molecular complexity index is 753. The highest BCUT2D eigenvalue weighted by Gasteiger charge is 2.10. The van der Waals surface area contributed by atoms with E-state index < -0.39 is 0 Å². The summed E-state index contributed by atoms with van der Waals surface area (Å²) in [6.45, 7) is 6.33. The van der Waals surface area contributed by atoms with E-state index in [2.05, 4.69) is 25.9 Å². The van der Waals surface area contributed by atoms with E-state index in [0.717, 1.165) is 35.2 Å². The van der Waals surface area contributed by atoms with Crippen molar-refractivity contribution in [2.24, 2.45) is 4.99 Å². The average Bonchev–Trinajstić information content (AvgIpc) is 3.06. The van der Waals surface area contributed by atoms with Gasteiger partial charge in [0.05, 0.1) is 11.2 Å². The monoisotopic (exact) mass is 521 g/mol. The molecule has 3 N–H and O–H groups in total. The van der Waals surface area contributed by atoms with E-state index in [9.17, 15) is 4.79 Å². The van der Waals surface area contributed by atoms with Gasteiger partial charge in [0, 0.05) is 31.2 Å². The standard InChI is InChI=1S/C18H24ClN5OS.HI/c1-3-20-18(22-9-8-14-6-4-5-7-15(14)19)23-11-10-21-17(25)16-13(2)24-12-26-16;/h4-7,12H,3,8-11H2,1-2H3,(H,21,25)(H2,20,22,23);1H. The van der Waals surface area contributed by atoms with E-state index in [1.165, 1.54) is 11.3 Å². The third-order valence-electron chi connectivity index (χ3n) is 3.61. The van der Waals surface area contributed by atoms with Gasteiger partial charge in [-0.3, -0.25) is 9.79 Å². The number of thiazole rings is 1. The van der Waals surface area contributed by atoms with Crippen LogP contribution in [-0.2, 0) is 6.42 Å². The number of hydrogen-bond acceptors (Lipinski definition) is 4. The SMILES string of the molecule is CCNC(=NCCc1ccccc1Cl)NCCNC(=O)c1scnc1C.I. The molecule has 2 aromatic rings. The topological polar surface area (TPSA) is 78.4 Å². The summed E-state index contributed by atoms with van der Waals surface area (Å²) >= 11 is 7.51. The summed E-state index contributed by atoms with van der Waals surface area (Å²) in [5.74, 6) is 0.634. The van der Waals surface area contributed by atoms with Crippen LogP contribution in [0.4, 0.5) is 0 Å². The van der Waals surface area contributed by atoms with Gasteiger partial charge in [-0.2, -0.15) is 0 Å². The number of carbonyl (C=O) groups is 1. The molecule has 0 aliphatic rings. The second kappa shape index (κ2) is 12.9. The lowest BCUT2D eigenvalue weighted by Crippen LogP contribution is -2.41. The molecule has 2 rings (SSSR count). The van der Waals surface area contributed by atoms with Crippen molar-refractivity contribution in [2.75, 3.05) is 26.2 Å². The number of nitrogens with zero attached hydrogens (tertiary/aromatic N) is 2. The summed E-state index contributed by atoms with van der Waals surface area (Å²) in [5.41, 5.74) is 3.52. The molecule has 0 aliphatic heterocycles. The average molecular weight is 522 g/mol. The molecule has 148 valence electrons. The Labute approximate surface area is 186 Å². The molecule has 0 spiro atoms. The molecule has 9 heteroatoms. The first-order chi connectivity index (χ1) is 12.6. The number of carbonyl (C=O) groups excluding carboxylic acids is 1. The molecule has 6 nitrogen and oxygen atoms in total. The van der Waals surface area contributed by atoms with Crippen molar-refractivity contribution in [1.29, 1.82) is 0 Å². The van der Waals surface area contributed by atoms with Crippen molar-refractivity contribution < 1.29 is 4.79 Å². The van der Waals surface area contributed by atoms with E-state index >= 15 is 0 Å². The van der Waals surface area contributed by atoms with E-state index in [4.69, 9.17) is 11.6 Å². The van der Waals surface area contributed by atoms with Crippen LogP contribution in [0, 0.1) is 6.92 Å². The van der Waals surface area contributed by atoms with Gasteiger partial charge in [0.25, 0.3) is 5.91 Å². The molecule has 1 amide bonds. The Morgan fingerprint density at radius 1 is 1.22 bits per heavy atom. The number of amides is 1. The Kier molecular flexibility index (Phi) is 11.3. The summed E-state index contributed by atoms with van der Waals surface area (Å²) in [7, 11) is 0. The van der Waals surface area contributed by atoms with Crippen molar-refractivity contribution >= 4 is 58.8 Å². The Morgan fingerprint density at radius 3 is 2.63 bits per heavy atom. The minimum atomic E-state index is -0.0903. The fourth-order valence-electron chi connectivity index (χ4n) is 2.29. The van der Waals surface area contributed by atoms with Crippen LogP contribution >= 0.6 is 46.9 Å². The van der Waals surface area contributed by atoms with Crippen molar-refractivity contribution in [2.45, 2.75) is 20.3 Å². The van der Waals surface area contributed by atoms with Crippen LogP contribution < -0.4 is 16.0 Å². The lowest BCUT2D eigenvalue weighted by molar-refractivity contribution is 0.0957. The first-order valence-electron chi connectivity index (χ1n) is 8.55. The van der Waals surface area contributed by atoms with Gasteiger partial charge in [-0.25, -0.2) is 4.98 Å². The van der Waals surface area contributed by atoms with E-state index in [1.807, 2.05) is 38.1 Å². The van der Waals surface area contributed by atoms with Crippen LogP contribution in [0.3, 0.4) is 0 Å². The summed E-state index contributed by atoms with van der Waals surface area (Å²) in [4.78, 5) is 21.3. The number of hydrogen-bond donors (Lipinski definition) is 3. The number of aryl methyl sites for hydroxylation is 1. The Hall–Kier alpha value is -1.39. The van der Waals surface area contributed by atoms with Crippen LogP contribution in [0.5, 0.6) is 0 Å². The fraction of sp³-hybridized carbons (Fsp3) is 0.389. The van der Waals surface area contributed by atoms with Gasteiger partial charge in [0.2, 0.25) is 0 Å². The zero-order valence-electron chi connectivity index (χ0n) is 15.4. The molecule has 0 atom stereocenters. The maximum absolute atomic E-state index is 12.0. The number of benzene rings is 1. The minimum absolute atomic E-state index is 0. The molecule has 0 fully saturated rings. The first kappa shape index (κ1) is 23.6. The lowest BCUT2D eigenvalue weighted by Gasteiger charge is -2.12. The van der Waals surface area contributed by atoms with Gasteiger partial charge in [-0.1, -0.05) is 29.8 Å². The number of nitrogens with one attached hydrogen (secondary N) is 3. The molecule has 1 aromatic carbocycles.